The van der Waals surface area contributed by atoms with Crippen LogP contribution in [0.25, 0.3) is 15.8 Å². The second-order valence-corrected chi connectivity index (χ2v) is 4.77. The molecule has 5 heteroatoms. The summed E-state index contributed by atoms with van der Waals surface area (Å²) in [6.45, 7) is 1.94. The summed E-state index contributed by atoms with van der Waals surface area (Å²) in [6.07, 6.45) is 2.85. The van der Waals surface area contributed by atoms with E-state index >= 15 is 0 Å². The van der Waals surface area contributed by atoms with Gasteiger partial charge in [-0.05, 0) is 36.6 Å². The quantitative estimate of drug-likeness (QED) is 0.657. The lowest BCUT2D eigenvalue weighted by atomic mass is 10.0. The van der Waals surface area contributed by atoms with E-state index < -0.39 is 0 Å². The summed E-state index contributed by atoms with van der Waals surface area (Å²) >= 11 is 1.61. The smallest absolute Gasteiger partial charge is 0.243 e. The number of carbonyl (C=O) groups excluding carboxylic acids is 1. The summed E-state index contributed by atoms with van der Waals surface area (Å²) in [6, 6.07) is 6.10. The number of hydrogen-bond acceptors (Lipinski definition) is 4. The van der Waals surface area contributed by atoms with E-state index in [0.717, 1.165) is 21.4 Å². The number of amides is 1. The van der Waals surface area contributed by atoms with E-state index in [9.17, 15) is 4.79 Å². The van der Waals surface area contributed by atoms with Crippen molar-refractivity contribution in [2.24, 2.45) is 0 Å². The molecular formula is C13H14N2O2S. The second kappa shape index (κ2) is 5.75. The van der Waals surface area contributed by atoms with Crippen LogP contribution >= 0.6 is 11.3 Å². The molecule has 4 nitrogen and oxygen atoms in total. The Morgan fingerprint density at radius 3 is 3.06 bits per heavy atom. The number of hydroxylamine groups is 1. The average molecular weight is 262 g/mol. The SMILES string of the molecule is C/C=C(\CCC(=O)NO)c1ccc2scnc2c1. The zero-order valence-electron chi connectivity index (χ0n) is 10.0. The molecule has 0 bridgehead atoms. The van der Waals surface area contributed by atoms with E-state index in [0.29, 0.717) is 6.42 Å². The number of hydrogen-bond donors (Lipinski definition) is 2. The molecule has 0 atom stereocenters. The first-order valence-electron chi connectivity index (χ1n) is 5.66. The van der Waals surface area contributed by atoms with Crippen molar-refractivity contribution in [3.63, 3.8) is 0 Å². The zero-order chi connectivity index (χ0) is 13.0. The van der Waals surface area contributed by atoms with Gasteiger partial charge in [0.1, 0.15) is 0 Å². The third-order valence-corrected chi connectivity index (χ3v) is 3.61. The summed E-state index contributed by atoms with van der Waals surface area (Å²) in [7, 11) is 0. The minimum Gasteiger partial charge on any atom is -0.289 e. The number of rotatable bonds is 4. The number of carbonyl (C=O) groups is 1. The molecule has 2 rings (SSSR count). The maximum absolute atomic E-state index is 11.0. The third-order valence-electron chi connectivity index (χ3n) is 2.80. The first kappa shape index (κ1) is 12.7. The van der Waals surface area contributed by atoms with Gasteiger partial charge in [0.15, 0.2) is 0 Å². The van der Waals surface area contributed by atoms with Crippen LogP contribution in [0.3, 0.4) is 0 Å². The topological polar surface area (TPSA) is 62.2 Å². The Labute approximate surface area is 109 Å². The summed E-state index contributed by atoms with van der Waals surface area (Å²) in [4.78, 5) is 15.3. The molecule has 94 valence electrons. The highest BCUT2D eigenvalue weighted by atomic mass is 32.1. The minimum atomic E-state index is -0.371. The van der Waals surface area contributed by atoms with Gasteiger partial charge in [-0.1, -0.05) is 12.1 Å². The van der Waals surface area contributed by atoms with Gasteiger partial charge in [0.2, 0.25) is 5.91 Å². The van der Waals surface area contributed by atoms with Crippen molar-refractivity contribution in [3.05, 3.63) is 35.3 Å². The van der Waals surface area contributed by atoms with Crippen molar-refractivity contribution >= 4 is 33.0 Å². The Bertz CT molecular complexity index is 589. The van der Waals surface area contributed by atoms with Gasteiger partial charge < -0.3 is 0 Å². The molecule has 0 aliphatic rings. The number of nitrogens with zero attached hydrogens (tertiary/aromatic N) is 1. The van der Waals surface area contributed by atoms with Gasteiger partial charge in [-0.3, -0.25) is 10.0 Å². The van der Waals surface area contributed by atoms with Crippen molar-refractivity contribution in [1.82, 2.24) is 10.5 Å². The van der Waals surface area contributed by atoms with Gasteiger partial charge in [-0.25, -0.2) is 10.5 Å². The van der Waals surface area contributed by atoms with E-state index in [-0.39, 0.29) is 12.3 Å². The molecule has 0 saturated heterocycles. The summed E-state index contributed by atoms with van der Waals surface area (Å²) in [5, 5.41) is 8.48. The standard InChI is InChI=1S/C13H14N2O2S/c1-2-9(4-6-13(16)15-17)10-3-5-12-11(7-10)14-8-18-12/h2-3,5,7-8,17H,4,6H2,1H3,(H,15,16)/b9-2+. The van der Waals surface area contributed by atoms with Gasteiger partial charge in [-0.15, -0.1) is 11.3 Å². The normalized spacial score (nSPS) is 11.8. The van der Waals surface area contributed by atoms with Crippen LogP contribution in [0.5, 0.6) is 0 Å². The summed E-state index contributed by atoms with van der Waals surface area (Å²) in [5.74, 6) is -0.371. The molecule has 18 heavy (non-hydrogen) atoms. The van der Waals surface area contributed by atoms with E-state index in [1.807, 2.05) is 36.7 Å². The van der Waals surface area contributed by atoms with Crippen molar-refractivity contribution in [3.8, 4) is 0 Å². The molecule has 0 unspecified atom stereocenters. The first-order valence-corrected chi connectivity index (χ1v) is 6.54. The van der Waals surface area contributed by atoms with Crippen LogP contribution in [0, 0.1) is 0 Å². The monoisotopic (exact) mass is 262 g/mol. The first-order chi connectivity index (χ1) is 8.74. The van der Waals surface area contributed by atoms with E-state index in [1.54, 1.807) is 16.8 Å². The molecule has 0 aliphatic carbocycles. The molecule has 2 aromatic rings. The second-order valence-electron chi connectivity index (χ2n) is 3.88. The lowest BCUT2D eigenvalue weighted by Crippen LogP contribution is -2.17. The van der Waals surface area contributed by atoms with Crippen LogP contribution in [-0.2, 0) is 4.79 Å². The van der Waals surface area contributed by atoms with E-state index in [2.05, 4.69) is 4.98 Å². The predicted octanol–water partition coefficient (Wildman–Crippen LogP) is 2.99. The highest BCUT2D eigenvalue weighted by molar-refractivity contribution is 7.16. The van der Waals surface area contributed by atoms with Gasteiger partial charge in [0, 0.05) is 6.42 Å². The zero-order valence-corrected chi connectivity index (χ0v) is 10.8. The van der Waals surface area contributed by atoms with E-state index in [1.165, 1.54) is 0 Å². The van der Waals surface area contributed by atoms with Gasteiger partial charge >= 0.3 is 0 Å². The Balaban J connectivity index is 2.19. The Kier molecular flexibility index (Phi) is 4.07. The van der Waals surface area contributed by atoms with Crippen molar-refractivity contribution in [1.29, 1.82) is 0 Å². The molecule has 0 aliphatic heterocycles. The van der Waals surface area contributed by atoms with Crippen LogP contribution in [0.1, 0.15) is 25.3 Å². The number of aromatic nitrogens is 1. The Morgan fingerprint density at radius 2 is 2.33 bits per heavy atom. The molecule has 1 amide bonds. The number of nitrogens with one attached hydrogen (secondary N) is 1. The van der Waals surface area contributed by atoms with Crippen LogP contribution in [-0.4, -0.2) is 16.1 Å². The summed E-state index contributed by atoms with van der Waals surface area (Å²) in [5.41, 5.74) is 6.59. The van der Waals surface area contributed by atoms with Crippen LogP contribution in [0.2, 0.25) is 0 Å². The van der Waals surface area contributed by atoms with Crippen molar-refractivity contribution in [2.45, 2.75) is 19.8 Å². The number of benzene rings is 1. The fraction of sp³-hybridized carbons (Fsp3) is 0.231. The number of fused-ring (bicyclic) bond motifs is 1. The van der Waals surface area contributed by atoms with Crippen molar-refractivity contribution < 1.29 is 10.0 Å². The highest BCUT2D eigenvalue weighted by Gasteiger charge is 2.06. The predicted molar refractivity (Wildman–Crippen MR) is 72.4 cm³/mol. The minimum absolute atomic E-state index is 0.269. The third kappa shape index (κ3) is 2.75. The molecule has 0 spiro atoms. The molecule has 1 aromatic carbocycles. The maximum Gasteiger partial charge on any atom is 0.243 e. The molecule has 1 heterocycles. The molecular weight excluding hydrogens is 248 g/mol. The Hall–Kier alpha value is -1.72. The molecule has 0 saturated carbocycles. The number of thiazole rings is 1. The van der Waals surface area contributed by atoms with Crippen LogP contribution in [0.15, 0.2) is 29.8 Å². The lowest BCUT2D eigenvalue weighted by Gasteiger charge is -2.06. The largest absolute Gasteiger partial charge is 0.289 e. The molecule has 0 fully saturated rings. The fourth-order valence-corrected chi connectivity index (χ4v) is 2.48. The van der Waals surface area contributed by atoms with E-state index in [4.69, 9.17) is 5.21 Å². The van der Waals surface area contributed by atoms with Crippen LogP contribution in [0.4, 0.5) is 0 Å². The average Bonchev–Trinajstić information content (AvgIpc) is 2.86. The molecule has 2 N–H and O–H groups in total. The van der Waals surface area contributed by atoms with Gasteiger partial charge in [-0.2, -0.15) is 0 Å². The van der Waals surface area contributed by atoms with Gasteiger partial charge in [0.05, 0.1) is 15.7 Å². The fourth-order valence-electron chi connectivity index (χ4n) is 1.82. The highest BCUT2D eigenvalue weighted by Crippen LogP contribution is 2.25. The van der Waals surface area contributed by atoms with Crippen molar-refractivity contribution in [2.75, 3.05) is 0 Å². The maximum atomic E-state index is 11.0. The lowest BCUT2D eigenvalue weighted by molar-refractivity contribution is -0.129. The summed E-state index contributed by atoms with van der Waals surface area (Å²) < 4.78 is 1.15. The Morgan fingerprint density at radius 1 is 1.50 bits per heavy atom. The van der Waals surface area contributed by atoms with Crippen LogP contribution < -0.4 is 5.48 Å². The number of allylic oxidation sites excluding steroid dienone is 2. The molecule has 1 aromatic heterocycles. The van der Waals surface area contributed by atoms with Gasteiger partial charge in [0.25, 0.3) is 0 Å². The molecule has 0 radical (unpaired) electrons.